The third-order valence-corrected chi connectivity index (χ3v) is 7.95. The average molecular weight is 484 g/mol. The highest BCUT2D eigenvalue weighted by atomic mass is 32.2. The van der Waals surface area contributed by atoms with Crippen molar-refractivity contribution in [2.45, 2.75) is 45.1 Å². The fraction of sp³-hybridized carbons (Fsp3) is 0.360. The summed E-state index contributed by atoms with van der Waals surface area (Å²) < 4.78 is 39.3. The number of amides is 1. The minimum atomic E-state index is -3.89. The molecule has 1 amide bonds. The molecule has 1 fully saturated rings. The first-order valence-electron chi connectivity index (χ1n) is 11.3. The van der Waals surface area contributed by atoms with Gasteiger partial charge in [0, 0.05) is 13.1 Å². The molecule has 2 aromatic heterocycles. The van der Waals surface area contributed by atoms with E-state index in [0.29, 0.717) is 30.8 Å². The minimum Gasteiger partial charge on any atom is -0.465 e. The second kappa shape index (κ2) is 9.99. The molecule has 0 radical (unpaired) electrons. The smallest absolute Gasteiger partial charge is 0.248 e. The number of nitrogens with one attached hydrogen (secondary N) is 1. The maximum absolute atomic E-state index is 13.5. The normalized spacial score (nSPS) is 17.3. The number of nitrogens with zero attached hydrogens (tertiary/aromatic N) is 2. The Morgan fingerprint density at radius 3 is 2.62 bits per heavy atom. The number of hydrogen-bond acceptors (Lipinski definition) is 6. The highest BCUT2D eigenvalue weighted by Gasteiger charge is 2.36. The van der Waals surface area contributed by atoms with E-state index in [2.05, 4.69) is 10.5 Å². The standard InChI is InChI=1S/C25H29N3O5S/c1-17-6-9-20(10-7-17)11-13-23-24(19(3)27-33-23)34(30,31)28-14-4-5-21(16-28)25(29)26-15-22-12-8-18(2)32-22/h6-13,21H,4-5,14-16H2,1-3H3,(H,26,29)/b13-11+. The molecule has 1 aromatic carbocycles. The second-order valence-corrected chi connectivity index (χ2v) is 10.5. The molecule has 0 aliphatic carbocycles. The molecule has 9 heteroatoms. The van der Waals surface area contributed by atoms with Crippen LogP contribution in [-0.4, -0.2) is 36.9 Å². The number of rotatable bonds is 7. The van der Waals surface area contributed by atoms with E-state index in [-0.39, 0.29) is 29.7 Å². The maximum atomic E-state index is 13.5. The molecule has 0 spiro atoms. The SMILES string of the molecule is Cc1ccc(/C=C/c2onc(C)c2S(=O)(=O)N2CCCC(C(=O)NCc3ccc(C)o3)C2)cc1. The van der Waals surface area contributed by atoms with Crippen molar-refractivity contribution in [3.05, 3.63) is 70.5 Å². The molecule has 3 aromatic rings. The van der Waals surface area contributed by atoms with E-state index in [0.717, 1.165) is 16.9 Å². The number of sulfonamides is 1. The van der Waals surface area contributed by atoms with Crippen LogP contribution in [0.3, 0.4) is 0 Å². The lowest BCUT2D eigenvalue weighted by atomic mass is 9.99. The summed E-state index contributed by atoms with van der Waals surface area (Å²) in [4.78, 5) is 12.8. The van der Waals surface area contributed by atoms with E-state index in [1.807, 2.05) is 50.2 Å². The lowest BCUT2D eigenvalue weighted by molar-refractivity contribution is -0.126. The Morgan fingerprint density at radius 2 is 1.91 bits per heavy atom. The van der Waals surface area contributed by atoms with Crippen LogP contribution in [0.15, 0.2) is 50.2 Å². The Bertz CT molecular complexity index is 1290. The van der Waals surface area contributed by atoms with Gasteiger partial charge in [-0.15, -0.1) is 0 Å². The van der Waals surface area contributed by atoms with Gasteiger partial charge in [-0.3, -0.25) is 4.79 Å². The van der Waals surface area contributed by atoms with Gasteiger partial charge in [-0.05, 0) is 57.4 Å². The lowest BCUT2D eigenvalue weighted by Crippen LogP contribution is -2.45. The summed E-state index contributed by atoms with van der Waals surface area (Å²) in [6, 6.07) is 11.5. The summed E-state index contributed by atoms with van der Waals surface area (Å²) in [7, 11) is -3.89. The van der Waals surface area contributed by atoms with Crippen LogP contribution >= 0.6 is 0 Å². The predicted octanol–water partition coefficient (Wildman–Crippen LogP) is 4.08. The van der Waals surface area contributed by atoms with Crippen LogP contribution in [0.2, 0.25) is 0 Å². The Morgan fingerprint density at radius 1 is 1.15 bits per heavy atom. The van der Waals surface area contributed by atoms with Crippen LogP contribution in [0.4, 0.5) is 0 Å². The van der Waals surface area contributed by atoms with Crippen molar-refractivity contribution in [2.24, 2.45) is 5.92 Å². The zero-order chi connectivity index (χ0) is 24.3. The van der Waals surface area contributed by atoms with Crippen molar-refractivity contribution in [1.29, 1.82) is 0 Å². The van der Waals surface area contributed by atoms with E-state index in [4.69, 9.17) is 8.94 Å². The van der Waals surface area contributed by atoms with Gasteiger partial charge in [0.15, 0.2) is 10.7 Å². The molecule has 1 N–H and O–H groups in total. The van der Waals surface area contributed by atoms with Crippen molar-refractivity contribution < 1.29 is 22.2 Å². The highest BCUT2D eigenvalue weighted by Crippen LogP contribution is 2.29. The Kier molecular flexibility index (Phi) is 7.04. The van der Waals surface area contributed by atoms with E-state index in [9.17, 15) is 13.2 Å². The van der Waals surface area contributed by atoms with E-state index in [1.165, 1.54) is 4.31 Å². The maximum Gasteiger partial charge on any atom is 0.248 e. The number of benzene rings is 1. The monoisotopic (exact) mass is 483 g/mol. The van der Waals surface area contributed by atoms with Gasteiger partial charge in [-0.2, -0.15) is 4.31 Å². The topological polar surface area (TPSA) is 106 Å². The largest absolute Gasteiger partial charge is 0.465 e. The van der Waals surface area contributed by atoms with Gasteiger partial charge in [0.1, 0.15) is 17.2 Å². The molecule has 1 aliphatic heterocycles. The van der Waals surface area contributed by atoms with Gasteiger partial charge in [0.25, 0.3) is 0 Å². The molecule has 8 nitrogen and oxygen atoms in total. The van der Waals surface area contributed by atoms with Crippen molar-refractivity contribution in [1.82, 2.24) is 14.8 Å². The summed E-state index contributed by atoms with van der Waals surface area (Å²) in [5, 5.41) is 6.76. The van der Waals surface area contributed by atoms with Gasteiger partial charge in [-0.1, -0.05) is 41.1 Å². The summed E-state index contributed by atoms with van der Waals surface area (Å²) in [5.74, 6) is 0.992. The van der Waals surface area contributed by atoms with Crippen molar-refractivity contribution in [3.8, 4) is 0 Å². The molecule has 3 heterocycles. The van der Waals surface area contributed by atoms with Gasteiger partial charge >= 0.3 is 0 Å². The molecule has 1 aliphatic rings. The van der Waals surface area contributed by atoms with Gasteiger partial charge in [-0.25, -0.2) is 8.42 Å². The molecule has 0 saturated carbocycles. The number of hydrogen-bond donors (Lipinski definition) is 1. The summed E-state index contributed by atoms with van der Waals surface area (Å²) in [5.41, 5.74) is 2.35. The Balaban J connectivity index is 1.48. The molecule has 0 bridgehead atoms. The van der Waals surface area contributed by atoms with E-state index < -0.39 is 15.9 Å². The minimum absolute atomic E-state index is 0.0444. The lowest BCUT2D eigenvalue weighted by Gasteiger charge is -2.31. The molecular formula is C25H29N3O5S. The molecule has 34 heavy (non-hydrogen) atoms. The number of aryl methyl sites for hydroxylation is 3. The molecule has 1 atom stereocenters. The van der Waals surface area contributed by atoms with Crippen LogP contribution in [0.25, 0.3) is 12.2 Å². The number of carbonyl (C=O) groups is 1. The van der Waals surface area contributed by atoms with Crippen molar-refractivity contribution >= 4 is 28.1 Å². The zero-order valence-electron chi connectivity index (χ0n) is 19.6. The summed E-state index contributed by atoms with van der Waals surface area (Å²) in [6.07, 6.45) is 4.63. The van der Waals surface area contributed by atoms with Crippen LogP contribution in [0.5, 0.6) is 0 Å². The zero-order valence-corrected chi connectivity index (χ0v) is 20.4. The van der Waals surface area contributed by atoms with Crippen LogP contribution in [0, 0.1) is 26.7 Å². The second-order valence-electron chi connectivity index (χ2n) is 8.64. The molecule has 1 unspecified atom stereocenters. The quantitative estimate of drug-likeness (QED) is 0.543. The van der Waals surface area contributed by atoms with Crippen LogP contribution < -0.4 is 5.32 Å². The number of aromatic nitrogens is 1. The third-order valence-electron chi connectivity index (χ3n) is 5.92. The van der Waals surface area contributed by atoms with Gasteiger partial charge in [0.2, 0.25) is 15.9 Å². The third kappa shape index (κ3) is 5.31. The predicted molar refractivity (Wildman–Crippen MR) is 128 cm³/mol. The molecule has 180 valence electrons. The Hall–Kier alpha value is -3.17. The first-order chi connectivity index (χ1) is 16.2. The van der Waals surface area contributed by atoms with Crippen molar-refractivity contribution in [2.75, 3.05) is 13.1 Å². The average Bonchev–Trinajstić information content (AvgIpc) is 3.42. The number of furan rings is 1. The van der Waals surface area contributed by atoms with E-state index >= 15 is 0 Å². The summed E-state index contributed by atoms with van der Waals surface area (Å²) >= 11 is 0. The fourth-order valence-corrected chi connectivity index (χ4v) is 5.82. The summed E-state index contributed by atoms with van der Waals surface area (Å²) in [6.45, 7) is 6.17. The van der Waals surface area contributed by atoms with Gasteiger partial charge < -0.3 is 14.3 Å². The molecular weight excluding hydrogens is 454 g/mol. The fourth-order valence-electron chi connectivity index (χ4n) is 4.05. The number of piperidine rings is 1. The first kappa shape index (κ1) is 24.0. The molecule has 4 rings (SSSR count). The number of carbonyl (C=O) groups excluding carboxylic acids is 1. The Labute approximate surface area is 199 Å². The van der Waals surface area contributed by atoms with E-state index in [1.54, 1.807) is 19.1 Å². The van der Waals surface area contributed by atoms with Crippen molar-refractivity contribution in [3.63, 3.8) is 0 Å². The molecule has 1 saturated heterocycles. The first-order valence-corrected chi connectivity index (χ1v) is 12.7. The van der Waals surface area contributed by atoms with Crippen LogP contribution in [-0.2, 0) is 21.4 Å². The van der Waals surface area contributed by atoms with Crippen LogP contribution in [0.1, 0.15) is 46.9 Å². The van der Waals surface area contributed by atoms with Gasteiger partial charge in [0.05, 0.1) is 12.5 Å². The highest BCUT2D eigenvalue weighted by molar-refractivity contribution is 7.89.